The molecule has 0 unspecified atom stereocenters. The molecule has 0 aliphatic heterocycles. The molecule has 2 aromatic heterocycles. The van der Waals surface area contributed by atoms with Gasteiger partial charge in [-0.2, -0.15) is 0 Å². The zero-order valence-electron chi connectivity index (χ0n) is 30.5. The molecule has 0 N–H and O–H groups in total. The molecule has 0 fully saturated rings. The first-order valence-electron chi connectivity index (χ1n) is 19.3. The van der Waals surface area contributed by atoms with Gasteiger partial charge in [0.05, 0.1) is 22.1 Å². The van der Waals surface area contributed by atoms with E-state index in [9.17, 15) is 0 Å². The topological polar surface area (TPSA) is 9.86 Å². The standard InChI is InChI=1S/C54H34N2/c1-3-15-35(16-4-1)37-29-38(36-17-5-2-6-18-36)31-40(30-37)56-52-26-14-12-24-47(52)50-33-53-49(34-54(50)56)46-23-11-13-25-51(46)55(53)39-27-28-45-43-21-8-7-19-41(43)42-20-9-10-22-44(42)48(45)32-39/h1-34H. The van der Waals surface area contributed by atoms with E-state index in [0.29, 0.717) is 0 Å². The fourth-order valence-electron chi connectivity index (χ4n) is 9.36. The van der Waals surface area contributed by atoms with Crippen molar-refractivity contribution >= 4 is 75.9 Å². The molecule has 2 heterocycles. The molecule has 2 nitrogen and oxygen atoms in total. The summed E-state index contributed by atoms with van der Waals surface area (Å²) in [5, 5.41) is 12.7. The second-order valence-electron chi connectivity index (χ2n) is 14.9. The van der Waals surface area contributed by atoms with E-state index >= 15 is 0 Å². The van der Waals surface area contributed by atoms with Gasteiger partial charge in [-0.05, 0) is 109 Å². The summed E-state index contributed by atoms with van der Waals surface area (Å²) >= 11 is 0. The monoisotopic (exact) mass is 710 g/mol. The Morgan fingerprint density at radius 1 is 0.196 bits per heavy atom. The molecular weight excluding hydrogens is 677 g/mol. The van der Waals surface area contributed by atoms with Crippen LogP contribution < -0.4 is 0 Å². The Morgan fingerprint density at radius 3 is 1.09 bits per heavy atom. The van der Waals surface area contributed by atoms with Gasteiger partial charge in [-0.1, -0.05) is 152 Å². The summed E-state index contributed by atoms with van der Waals surface area (Å²) in [6, 6.07) is 75.8. The predicted octanol–water partition coefficient (Wildman–Crippen LogP) is 14.7. The molecule has 0 aliphatic carbocycles. The molecule has 12 rings (SSSR count). The van der Waals surface area contributed by atoms with Gasteiger partial charge in [0.1, 0.15) is 0 Å². The van der Waals surface area contributed by atoms with Crippen molar-refractivity contribution in [3.05, 3.63) is 206 Å². The van der Waals surface area contributed by atoms with Crippen molar-refractivity contribution in [2.45, 2.75) is 0 Å². The lowest BCUT2D eigenvalue weighted by Crippen LogP contribution is -1.96. The van der Waals surface area contributed by atoms with E-state index in [0.717, 1.165) is 11.4 Å². The van der Waals surface area contributed by atoms with Crippen molar-refractivity contribution in [1.29, 1.82) is 0 Å². The van der Waals surface area contributed by atoms with Crippen molar-refractivity contribution in [3.8, 4) is 33.6 Å². The minimum Gasteiger partial charge on any atom is -0.309 e. The number of fused-ring (bicyclic) bond motifs is 12. The highest BCUT2D eigenvalue weighted by Gasteiger charge is 2.20. The zero-order chi connectivity index (χ0) is 36.7. The first kappa shape index (κ1) is 31.0. The van der Waals surface area contributed by atoms with Gasteiger partial charge in [0.15, 0.2) is 0 Å². The molecule has 0 bridgehead atoms. The van der Waals surface area contributed by atoms with Crippen LogP contribution in [0.25, 0.3) is 110 Å². The number of benzene rings is 10. The van der Waals surface area contributed by atoms with Gasteiger partial charge in [0, 0.05) is 32.9 Å². The van der Waals surface area contributed by atoms with Crippen LogP contribution in [0.1, 0.15) is 0 Å². The Labute approximate surface area is 323 Å². The third kappa shape index (κ3) is 4.57. The average Bonchev–Trinajstić information content (AvgIpc) is 3.78. The van der Waals surface area contributed by atoms with Crippen LogP contribution in [-0.2, 0) is 0 Å². The Balaban J connectivity index is 1.16. The number of hydrogen-bond acceptors (Lipinski definition) is 0. The highest BCUT2D eigenvalue weighted by molar-refractivity contribution is 6.26. The van der Waals surface area contributed by atoms with Crippen LogP contribution in [0, 0.1) is 0 Å². The molecular formula is C54H34N2. The van der Waals surface area contributed by atoms with Crippen molar-refractivity contribution in [2.24, 2.45) is 0 Å². The molecule has 10 aromatic carbocycles. The van der Waals surface area contributed by atoms with Crippen molar-refractivity contribution in [3.63, 3.8) is 0 Å². The largest absolute Gasteiger partial charge is 0.309 e. The van der Waals surface area contributed by atoms with Crippen LogP contribution in [0.5, 0.6) is 0 Å². The third-order valence-corrected chi connectivity index (χ3v) is 11.8. The smallest absolute Gasteiger partial charge is 0.0548 e. The van der Waals surface area contributed by atoms with E-state index in [1.165, 1.54) is 98.2 Å². The SMILES string of the molecule is c1ccc(-c2cc(-c3ccccc3)cc(-n3c4ccccc4c4cc5c(cc43)c3ccccc3n5-c3ccc4c5ccccc5c5ccccc5c4c3)c2)cc1. The van der Waals surface area contributed by atoms with E-state index in [2.05, 4.69) is 215 Å². The summed E-state index contributed by atoms with van der Waals surface area (Å²) in [6.07, 6.45) is 0. The van der Waals surface area contributed by atoms with E-state index in [1.807, 2.05) is 0 Å². The highest BCUT2D eigenvalue weighted by atomic mass is 15.0. The number of aromatic nitrogens is 2. The second-order valence-corrected chi connectivity index (χ2v) is 14.9. The van der Waals surface area contributed by atoms with Gasteiger partial charge in [0.2, 0.25) is 0 Å². The lowest BCUT2D eigenvalue weighted by Gasteiger charge is -2.14. The van der Waals surface area contributed by atoms with Crippen LogP contribution in [0.2, 0.25) is 0 Å². The van der Waals surface area contributed by atoms with E-state index in [-0.39, 0.29) is 0 Å². The Bertz CT molecular complexity index is 3420. The third-order valence-electron chi connectivity index (χ3n) is 11.8. The van der Waals surface area contributed by atoms with Gasteiger partial charge in [-0.15, -0.1) is 0 Å². The molecule has 0 saturated carbocycles. The molecule has 0 atom stereocenters. The van der Waals surface area contributed by atoms with Crippen LogP contribution in [0.3, 0.4) is 0 Å². The first-order chi connectivity index (χ1) is 27.8. The van der Waals surface area contributed by atoms with E-state index < -0.39 is 0 Å². The molecule has 2 heteroatoms. The van der Waals surface area contributed by atoms with Crippen molar-refractivity contribution in [2.75, 3.05) is 0 Å². The van der Waals surface area contributed by atoms with Gasteiger partial charge in [0.25, 0.3) is 0 Å². The normalized spacial score (nSPS) is 11.9. The Morgan fingerprint density at radius 2 is 0.589 bits per heavy atom. The quantitative estimate of drug-likeness (QED) is 0.161. The van der Waals surface area contributed by atoms with Gasteiger partial charge in [-0.25, -0.2) is 0 Å². The molecule has 0 saturated heterocycles. The minimum atomic E-state index is 1.15. The first-order valence-corrected chi connectivity index (χ1v) is 19.3. The number of para-hydroxylation sites is 2. The molecule has 12 aromatic rings. The lowest BCUT2D eigenvalue weighted by atomic mass is 9.94. The van der Waals surface area contributed by atoms with Crippen LogP contribution >= 0.6 is 0 Å². The Kier molecular flexibility index (Phi) is 6.66. The van der Waals surface area contributed by atoms with Crippen molar-refractivity contribution < 1.29 is 0 Å². The zero-order valence-corrected chi connectivity index (χ0v) is 30.5. The second kappa shape index (κ2) is 12.0. The molecule has 260 valence electrons. The minimum absolute atomic E-state index is 1.15. The molecule has 0 aliphatic rings. The average molecular weight is 711 g/mol. The number of nitrogens with zero attached hydrogens (tertiary/aromatic N) is 2. The number of hydrogen-bond donors (Lipinski definition) is 0. The summed E-state index contributed by atoms with van der Waals surface area (Å²) in [5.41, 5.74) is 11.9. The predicted molar refractivity (Wildman–Crippen MR) is 239 cm³/mol. The van der Waals surface area contributed by atoms with Gasteiger partial charge < -0.3 is 9.13 Å². The van der Waals surface area contributed by atoms with Crippen LogP contribution in [0.15, 0.2) is 206 Å². The van der Waals surface area contributed by atoms with E-state index in [4.69, 9.17) is 0 Å². The molecule has 56 heavy (non-hydrogen) atoms. The maximum Gasteiger partial charge on any atom is 0.0548 e. The van der Waals surface area contributed by atoms with Crippen LogP contribution in [-0.4, -0.2) is 9.13 Å². The summed E-state index contributed by atoms with van der Waals surface area (Å²) in [6.45, 7) is 0. The number of rotatable bonds is 4. The fourth-order valence-corrected chi connectivity index (χ4v) is 9.36. The summed E-state index contributed by atoms with van der Waals surface area (Å²) in [4.78, 5) is 0. The maximum absolute atomic E-state index is 2.48. The molecule has 0 spiro atoms. The van der Waals surface area contributed by atoms with E-state index in [1.54, 1.807) is 0 Å². The molecule has 0 radical (unpaired) electrons. The maximum atomic E-state index is 2.48. The lowest BCUT2D eigenvalue weighted by molar-refractivity contribution is 1.18. The van der Waals surface area contributed by atoms with Crippen molar-refractivity contribution in [1.82, 2.24) is 9.13 Å². The summed E-state index contributed by atoms with van der Waals surface area (Å²) in [7, 11) is 0. The van der Waals surface area contributed by atoms with Gasteiger partial charge >= 0.3 is 0 Å². The molecule has 0 amide bonds. The summed E-state index contributed by atoms with van der Waals surface area (Å²) < 4.78 is 4.95. The van der Waals surface area contributed by atoms with Gasteiger partial charge in [-0.3, -0.25) is 0 Å². The Hall–Kier alpha value is -7.42. The highest BCUT2D eigenvalue weighted by Crippen LogP contribution is 2.42. The fraction of sp³-hybridized carbons (Fsp3) is 0. The summed E-state index contributed by atoms with van der Waals surface area (Å²) in [5.74, 6) is 0. The van der Waals surface area contributed by atoms with Crippen LogP contribution in [0.4, 0.5) is 0 Å².